The molecule has 2 amide bonds. The van der Waals surface area contributed by atoms with E-state index in [4.69, 9.17) is 0 Å². The topological polar surface area (TPSA) is 40.6 Å². The predicted octanol–water partition coefficient (Wildman–Crippen LogP) is 1.09. The molecular weight excluding hydrogens is 204 g/mol. The quantitative estimate of drug-likeness (QED) is 0.748. The summed E-state index contributed by atoms with van der Waals surface area (Å²) in [5.41, 5.74) is 1.05. The van der Waals surface area contributed by atoms with Gasteiger partial charge in [0.1, 0.15) is 0 Å². The van der Waals surface area contributed by atoms with Gasteiger partial charge in [-0.2, -0.15) is 0 Å². The molecule has 0 spiro atoms. The summed E-state index contributed by atoms with van der Waals surface area (Å²) in [5.74, 6) is -0.207. The Morgan fingerprint density at radius 2 is 1.25 bits per heavy atom. The van der Waals surface area contributed by atoms with Crippen molar-refractivity contribution in [2.75, 3.05) is 28.2 Å². The molecule has 0 saturated carbocycles. The molecule has 0 unspecified atom stereocenters. The smallest absolute Gasteiger partial charge is 0.253 e. The Hall–Kier alpha value is -1.84. The highest BCUT2D eigenvalue weighted by molar-refractivity contribution is 5.99. The first-order valence-corrected chi connectivity index (χ1v) is 4.97. The van der Waals surface area contributed by atoms with Gasteiger partial charge in [-0.15, -0.1) is 0 Å². The third-order valence-corrected chi connectivity index (χ3v) is 2.17. The summed E-state index contributed by atoms with van der Waals surface area (Å²) in [4.78, 5) is 26.4. The molecule has 16 heavy (non-hydrogen) atoms. The van der Waals surface area contributed by atoms with E-state index >= 15 is 0 Å². The average Bonchev–Trinajstić information content (AvgIpc) is 2.26. The first-order valence-electron chi connectivity index (χ1n) is 4.97. The van der Waals surface area contributed by atoms with Crippen LogP contribution >= 0.6 is 0 Å². The molecule has 0 aliphatic rings. The monoisotopic (exact) mass is 220 g/mol. The van der Waals surface area contributed by atoms with Gasteiger partial charge in [-0.05, 0) is 18.2 Å². The summed E-state index contributed by atoms with van der Waals surface area (Å²) in [6.07, 6.45) is 0. The van der Waals surface area contributed by atoms with Crippen molar-refractivity contribution in [1.29, 1.82) is 0 Å². The zero-order valence-corrected chi connectivity index (χ0v) is 10.0. The zero-order valence-electron chi connectivity index (χ0n) is 10.0. The normalized spacial score (nSPS) is 9.75. The number of hydrogen-bond acceptors (Lipinski definition) is 2. The van der Waals surface area contributed by atoms with Crippen molar-refractivity contribution in [2.45, 2.75) is 0 Å². The van der Waals surface area contributed by atoms with Crippen LogP contribution in [0.3, 0.4) is 0 Å². The summed E-state index contributed by atoms with van der Waals surface area (Å²) in [5, 5.41) is 0. The number of carbonyl (C=O) groups is 2. The number of carbonyl (C=O) groups excluding carboxylic acids is 2. The first kappa shape index (κ1) is 12.2. The number of rotatable bonds is 2. The minimum atomic E-state index is -0.103. The second-order valence-electron chi connectivity index (χ2n) is 3.98. The van der Waals surface area contributed by atoms with Crippen LogP contribution in [0.15, 0.2) is 24.3 Å². The van der Waals surface area contributed by atoms with Gasteiger partial charge in [-0.3, -0.25) is 9.59 Å². The molecule has 0 bridgehead atoms. The Labute approximate surface area is 95.5 Å². The molecule has 0 fully saturated rings. The van der Waals surface area contributed by atoms with E-state index in [0.717, 1.165) is 0 Å². The summed E-state index contributed by atoms with van der Waals surface area (Å²) in [7, 11) is 6.73. The van der Waals surface area contributed by atoms with Crippen molar-refractivity contribution in [1.82, 2.24) is 9.80 Å². The van der Waals surface area contributed by atoms with E-state index < -0.39 is 0 Å². The summed E-state index contributed by atoms with van der Waals surface area (Å²) in [6, 6.07) is 6.74. The van der Waals surface area contributed by atoms with Crippen molar-refractivity contribution in [3.63, 3.8) is 0 Å². The lowest BCUT2D eigenvalue weighted by Crippen LogP contribution is -2.24. The van der Waals surface area contributed by atoms with Gasteiger partial charge in [0.25, 0.3) is 11.8 Å². The number of hydrogen-bond donors (Lipinski definition) is 0. The molecule has 0 heterocycles. The minimum Gasteiger partial charge on any atom is -0.345 e. The van der Waals surface area contributed by atoms with Gasteiger partial charge in [0.15, 0.2) is 0 Å². The Bertz CT molecular complexity index is 376. The van der Waals surface area contributed by atoms with Gasteiger partial charge in [-0.25, -0.2) is 0 Å². The van der Waals surface area contributed by atoms with Crippen molar-refractivity contribution in [2.24, 2.45) is 0 Å². The molecule has 0 N–H and O–H groups in total. The highest BCUT2D eigenvalue weighted by Gasteiger charge is 2.12. The van der Waals surface area contributed by atoms with E-state index in [2.05, 4.69) is 0 Å². The minimum absolute atomic E-state index is 0.103. The molecule has 0 aromatic heterocycles. The maximum Gasteiger partial charge on any atom is 0.253 e. The first-order chi connectivity index (χ1) is 7.43. The van der Waals surface area contributed by atoms with E-state index in [9.17, 15) is 9.59 Å². The SMILES string of the molecule is CN(C)C(=O)c1cccc(C(=O)N(C)C)c1. The van der Waals surface area contributed by atoms with Gasteiger partial charge in [0, 0.05) is 39.3 Å². The molecule has 0 aliphatic carbocycles. The highest BCUT2D eigenvalue weighted by atomic mass is 16.2. The molecule has 1 rings (SSSR count). The van der Waals surface area contributed by atoms with Crippen LogP contribution in [-0.2, 0) is 0 Å². The Balaban J connectivity index is 3.05. The molecule has 1 aromatic rings. The molecule has 0 saturated heterocycles. The van der Waals surface area contributed by atoms with Crippen LogP contribution in [-0.4, -0.2) is 49.8 Å². The molecule has 0 atom stereocenters. The van der Waals surface area contributed by atoms with Gasteiger partial charge in [0.05, 0.1) is 0 Å². The lowest BCUT2D eigenvalue weighted by molar-refractivity contribution is 0.0826. The third-order valence-electron chi connectivity index (χ3n) is 2.17. The Morgan fingerprint density at radius 1 is 0.875 bits per heavy atom. The largest absolute Gasteiger partial charge is 0.345 e. The lowest BCUT2D eigenvalue weighted by atomic mass is 10.1. The van der Waals surface area contributed by atoms with E-state index in [-0.39, 0.29) is 11.8 Å². The van der Waals surface area contributed by atoms with E-state index in [1.165, 1.54) is 9.80 Å². The summed E-state index contributed by atoms with van der Waals surface area (Å²) >= 11 is 0. The molecule has 4 nitrogen and oxygen atoms in total. The van der Waals surface area contributed by atoms with Gasteiger partial charge in [0.2, 0.25) is 0 Å². The number of nitrogens with zero attached hydrogens (tertiary/aromatic N) is 2. The van der Waals surface area contributed by atoms with E-state index in [1.807, 2.05) is 0 Å². The molecular formula is C12H16N2O2. The predicted molar refractivity (Wildman–Crippen MR) is 62.5 cm³/mol. The van der Waals surface area contributed by atoms with Crippen LogP contribution < -0.4 is 0 Å². The van der Waals surface area contributed by atoms with E-state index in [1.54, 1.807) is 52.5 Å². The standard InChI is InChI=1S/C12H16N2O2/c1-13(2)11(15)9-6-5-7-10(8-9)12(16)14(3)4/h5-8H,1-4H3. The van der Waals surface area contributed by atoms with Gasteiger partial charge in [-0.1, -0.05) is 6.07 Å². The Morgan fingerprint density at radius 3 is 1.56 bits per heavy atom. The number of amides is 2. The second kappa shape index (κ2) is 4.79. The fourth-order valence-corrected chi connectivity index (χ4v) is 1.30. The summed E-state index contributed by atoms with van der Waals surface area (Å²) < 4.78 is 0. The van der Waals surface area contributed by atoms with Crippen molar-refractivity contribution in [3.05, 3.63) is 35.4 Å². The molecule has 4 heteroatoms. The molecule has 86 valence electrons. The zero-order chi connectivity index (χ0) is 12.3. The van der Waals surface area contributed by atoms with E-state index in [0.29, 0.717) is 11.1 Å². The molecule has 0 aliphatic heterocycles. The van der Waals surface area contributed by atoms with Crippen LogP contribution in [0.25, 0.3) is 0 Å². The van der Waals surface area contributed by atoms with Crippen LogP contribution in [0.5, 0.6) is 0 Å². The molecule has 1 aromatic carbocycles. The second-order valence-corrected chi connectivity index (χ2v) is 3.98. The third kappa shape index (κ3) is 2.59. The van der Waals surface area contributed by atoms with Crippen molar-refractivity contribution < 1.29 is 9.59 Å². The fraction of sp³-hybridized carbons (Fsp3) is 0.333. The maximum absolute atomic E-state index is 11.7. The van der Waals surface area contributed by atoms with Crippen LogP contribution in [0, 0.1) is 0 Å². The lowest BCUT2D eigenvalue weighted by Gasteiger charge is -2.13. The average molecular weight is 220 g/mol. The Kier molecular flexibility index (Phi) is 3.66. The fourth-order valence-electron chi connectivity index (χ4n) is 1.30. The molecule has 0 radical (unpaired) electrons. The summed E-state index contributed by atoms with van der Waals surface area (Å²) in [6.45, 7) is 0. The number of benzene rings is 1. The van der Waals surface area contributed by atoms with Crippen molar-refractivity contribution in [3.8, 4) is 0 Å². The van der Waals surface area contributed by atoms with Gasteiger partial charge >= 0.3 is 0 Å². The van der Waals surface area contributed by atoms with Crippen LogP contribution in [0.2, 0.25) is 0 Å². The van der Waals surface area contributed by atoms with Crippen LogP contribution in [0.1, 0.15) is 20.7 Å². The highest BCUT2D eigenvalue weighted by Crippen LogP contribution is 2.08. The van der Waals surface area contributed by atoms with Crippen molar-refractivity contribution >= 4 is 11.8 Å². The maximum atomic E-state index is 11.7. The van der Waals surface area contributed by atoms with Crippen LogP contribution in [0.4, 0.5) is 0 Å². The van der Waals surface area contributed by atoms with Gasteiger partial charge < -0.3 is 9.80 Å².